The maximum absolute atomic E-state index is 13.5. The largest absolute Gasteiger partial charge is 0.348 e. The Hall–Kier alpha value is -2.48. The van der Waals surface area contributed by atoms with Crippen molar-refractivity contribution in [1.82, 2.24) is 15.1 Å². The van der Waals surface area contributed by atoms with Crippen molar-refractivity contribution < 1.29 is 13.6 Å². The Morgan fingerprint density at radius 2 is 2.00 bits per heavy atom. The average Bonchev–Trinajstić information content (AvgIpc) is 2.76. The quantitative estimate of drug-likeness (QED) is 0.585. The van der Waals surface area contributed by atoms with Crippen LogP contribution in [-0.2, 0) is 13.6 Å². The lowest BCUT2D eigenvalue weighted by Gasteiger charge is -2.08. The van der Waals surface area contributed by atoms with Crippen molar-refractivity contribution in [3.8, 4) is 0 Å². The number of hydrazine groups is 1. The van der Waals surface area contributed by atoms with Gasteiger partial charge in [0.1, 0.15) is 5.69 Å². The van der Waals surface area contributed by atoms with Crippen LogP contribution in [0.15, 0.2) is 18.3 Å². The third-order valence-electron chi connectivity index (χ3n) is 3.22. The topological polar surface area (TPSA) is 85.0 Å². The lowest BCUT2D eigenvalue weighted by molar-refractivity contribution is 0.0950. The Bertz CT molecular complexity index is 660. The number of hydrogen-bond acceptors (Lipinski definition) is 4. The molecule has 0 spiro atoms. The minimum atomic E-state index is -0.930. The van der Waals surface area contributed by atoms with Crippen LogP contribution in [0, 0.1) is 18.6 Å². The summed E-state index contributed by atoms with van der Waals surface area (Å²) in [7, 11) is 1.78. The number of nitrogens with zero attached hydrogens (tertiary/aromatic N) is 2. The van der Waals surface area contributed by atoms with Gasteiger partial charge in [-0.3, -0.25) is 15.3 Å². The van der Waals surface area contributed by atoms with Gasteiger partial charge in [-0.2, -0.15) is 5.10 Å². The zero-order chi connectivity index (χ0) is 15.6. The van der Waals surface area contributed by atoms with Crippen molar-refractivity contribution in [2.45, 2.75) is 13.5 Å². The molecular formula is C13H15F2N5O. The predicted molar refractivity (Wildman–Crippen MR) is 73.3 cm³/mol. The first-order valence-corrected chi connectivity index (χ1v) is 6.15. The van der Waals surface area contributed by atoms with Gasteiger partial charge in [0.05, 0.1) is 6.20 Å². The second kappa shape index (κ2) is 5.88. The van der Waals surface area contributed by atoms with E-state index in [1.54, 1.807) is 17.9 Å². The summed E-state index contributed by atoms with van der Waals surface area (Å²) in [5, 5.41) is 6.63. The number of nitrogens with one attached hydrogen (secondary N) is 2. The Morgan fingerprint density at radius 3 is 2.48 bits per heavy atom. The van der Waals surface area contributed by atoms with E-state index in [0.717, 1.165) is 23.4 Å². The van der Waals surface area contributed by atoms with Gasteiger partial charge in [0.2, 0.25) is 0 Å². The van der Waals surface area contributed by atoms with E-state index in [1.807, 2.05) is 12.3 Å². The first kappa shape index (κ1) is 14.9. The number of hydrogen-bond donors (Lipinski definition) is 3. The SMILES string of the molecule is Cc1c(CNC(=O)c2cc(F)c(NN)c(F)c2)cnn1C. The minimum Gasteiger partial charge on any atom is -0.348 e. The van der Waals surface area contributed by atoms with E-state index in [2.05, 4.69) is 10.4 Å². The molecule has 112 valence electrons. The Balaban J connectivity index is 2.12. The summed E-state index contributed by atoms with van der Waals surface area (Å²) in [5.41, 5.74) is 3.03. The number of aromatic nitrogens is 2. The number of amides is 1. The molecule has 0 aliphatic heterocycles. The molecule has 0 saturated carbocycles. The van der Waals surface area contributed by atoms with Crippen LogP contribution in [0.4, 0.5) is 14.5 Å². The van der Waals surface area contributed by atoms with Crippen LogP contribution < -0.4 is 16.6 Å². The average molecular weight is 295 g/mol. The van der Waals surface area contributed by atoms with Crippen molar-refractivity contribution >= 4 is 11.6 Å². The lowest BCUT2D eigenvalue weighted by atomic mass is 10.1. The second-order valence-corrected chi connectivity index (χ2v) is 4.52. The molecule has 2 aromatic rings. The number of carbonyl (C=O) groups is 1. The van der Waals surface area contributed by atoms with Crippen molar-refractivity contribution in [2.24, 2.45) is 12.9 Å². The Kier molecular flexibility index (Phi) is 4.18. The molecule has 0 bridgehead atoms. The molecule has 0 saturated heterocycles. The molecule has 0 aliphatic rings. The van der Waals surface area contributed by atoms with Crippen LogP contribution in [-0.4, -0.2) is 15.7 Å². The Morgan fingerprint density at radius 1 is 1.38 bits per heavy atom. The van der Waals surface area contributed by atoms with E-state index in [4.69, 9.17) is 5.84 Å². The summed E-state index contributed by atoms with van der Waals surface area (Å²) >= 11 is 0. The number of benzene rings is 1. The summed E-state index contributed by atoms with van der Waals surface area (Å²) < 4.78 is 28.7. The number of carbonyl (C=O) groups excluding carboxylic acids is 1. The molecular weight excluding hydrogens is 280 g/mol. The van der Waals surface area contributed by atoms with Crippen LogP contribution in [0.25, 0.3) is 0 Å². The number of anilines is 1. The van der Waals surface area contributed by atoms with Gasteiger partial charge in [0, 0.05) is 30.4 Å². The predicted octanol–water partition coefficient (Wildman–Crippen LogP) is 1.22. The number of aryl methyl sites for hydroxylation is 1. The third-order valence-corrected chi connectivity index (χ3v) is 3.22. The van der Waals surface area contributed by atoms with Crippen LogP contribution in [0.3, 0.4) is 0 Å². The van der Waals surface area contributed by atoms with Crippen LogP contribution >= 0.6 is 0 Å². The first-order chi connectivity index (χ1) is 9.93. The molecule has 0 aliphatic carbocycles. The fourth-order valence-corrected chi connectivity index (χ4v) is 1.84. The summed E-state index contributed by atoms with van der Waals surface area (Å²) in [6.45, 7) is 2.08. The van der Waals surface area contributed by atoms with Gasteiger partial charge < -0.3 is 10.7 Å². The zero-order valence-electron chi connectivity index (χ0n) is 11.6. The van der Waals surface area contributed by atoms with Crippen LogP contribution in [0.2, 0.25) is 0 Å². The van der Waals surface area contributed by atoms with Gasteiger partial charge in [-0.25, -0.2) is 8.78 Å². The summed E-state index contributed by atoms with van der Waals surface area (Å²) in [6.07, 6.45) is 1.62. The molecule has 1 amide bonds. The van der Waals surface area contributed by atoms with E-state index in [9.17, 15) is 13.6 Å². The van der Waals surface area contributed by atoms with Gasteiger partial charge in [0.15, 0.2) is 11.6 Å². The normalized spacial score (nSPS) is 10.5. The fourth-order valence-electron chi connectivity index (χ4n) is 1.84. The molecule has 2 rings (SSSR count). The minimum absolute atomic E-state index is 0.120. The summed E-state index contributed by atoms with van der Waals surface area (Å²) in [5.74, 6) is 2.55. The van der Waals surface area contributed by atoms with Crippen molar-refractivity contribution in [2.75, 3.05) is 5.43 Å². The lowest BCUT2D eigenvalue weighted by Crippen LogP contribution is -2.23. The highest BCUT2D eigenvalue weighted by Gasteiger charge is 2.15. The van der Waals surface area contributed by atoms with Crippen molar-refractivity contribution in [1.29, 1.82) is 0 Å². The molecule has 0 radical (unpaired) electrons. The number of nitrogen functional groups attached to an aromatic ring is 1. The molecule has 6 nitrogen and oxygen atoms in total. The van der Waals surface area contributed by atoms with E-state index in [1.165, 1.54) is 0 Å². The number of halogens is 2. The van der Waals surface area contributed by atoms with Gasteiger partial charge in [0.25, 0.3) is 5.91 Å². The first-order valence-electron chi connectivity index (χ1n) is 6.15. The van der Waals surface area contributed by atoms with E-state index < -0.39 is 23.2 Å². The van der Waals surface area contributed by atoms with E-state index in [-0.39, 0.29) is 12.1 Å². The third kappa shape index (κ3) is 3.00. The number of nitrogens with two attached hydrogens (primary N) is 1. The summed E-state index contributed by atoms with van der Waals surface area (Å²) in [4.78, 5) is 11.9. The molecule has 0 atom stereocenters. The summed E-state index contributed by atoms with van der Waals surface area (Å²) in [6, 6.07) is 1.84. The molecule has 1 aromatic carbocycles. The molecule has 1 aromatic heterocycles. The Labute approximate surface area is 119 Å². The molecule has 21 heavy (non-hydrogen) atoms. The van der Waals surface area contributed by atoms with Gasteiger partial charge >= 0.3 is 0 Å². The standard InChI is InChI=1S/C13H15F2N5O/c1-7-9(6-18-20(7)2)5-17-13(21)8-3-10(14)12(19-16)11(15)4-8/h3-4,6,19H,5,16H2,1-2H3,(H,17,21). The fraction of sp³-hybridized carbons (Fsp3) is 0.231. The second-order valence-electron chi connectivity index (χ2n) is 4.52. The highest BCUT2D eigenvalue weighted by atomic mass is 19.1. The van der Waals surface area contributed by atoms with E-state index in [0.29, 0.717) is 0 Å². The molecule has 1 heterocycles. The van der Waals surface area contributed by atoms with Crippen LogP contribution in [0.1, 0.15) is 21.6 Å². The van der Waals surface area contributed by atoms with E-state index >= 15 is 0 Å². The molecule has 8 heteroatoms. The molecule has 4 N–H and O–H groups in total. The molecule has 0 unspecified atom stereocenters. The maximum Gasteiger partial charge on any atom is 0.251 e. The number of rotatable bonds is 4. The van der Waals surface area contributed by atoms with Crippen LogP contribution in [0.5, 0.6) is 0 Å². The van der Waals surface area contributed by atoms with Gasteiger partial charge in [-0.15, -0.1) is 0 Å². The van der Waals surface area contributed by atoms with Crippen molar-refractivity contribution in [3.05, 3.63) is 46.8 Å². The highest BCUT2D eigenvalue weighted by Crippen LogP contribution is 2.19. The van der Waals surface area contributed by atoms with Gasteiger partial charge in [-0.05, 0) is 19.1 Å². The molecule has 0 fully saturated rings. The highest BCUT2D eigenvalue weighted by molar-refractivity contribution is 5.94. The maximum atomic E-state index is 13.5. The zero-order valence-corrected chi connectivity index (χ0v) is 11.6. The smallest absolute Gasteiger partial charge is 0.251 e. The monoisotopic (exact) mass is 295 g/mol. The van der Waals surface area contributed by atoms with Gasteiger partial charge in [-0.1, -0.05) is 0 Å². The van der Waals surface area contributed by atoms with Crippen molar-refractivity contribution in [3.63, 3.8) is 0 Å².